The molecule has 7 nitrogen and oxygen atoms in total. The number of aromatic nitrogens is 2. The van der Waals surface area contributed by atoms with E-state index in [0.717, 1.165) is 17.9 Å². The summed E-state index contributed by atoms with van der Waals surface area (Å²) in [5.74, 6) is 2.32. The Bertz CT molecular complexity index is 703. The van der Waals surface area contributed by atoms with E-state index in [4.69, 9.17) is 14.2 Å². The minimum absolute atomic E-state index is 0.0456. The molecule has 1 aliphatic rings. The van der Waals surface area contributed by atoms with Crippen molar-refractivity contribution in [2.24, 2.45) is 7.05 Å². The topological polar surface area (TPSA) is 69.0 Å². The number of nitrogens with zero attached hydrogens (tertiary/aromatic N) is 3. The van der Waals surface area contributed by atoms with Crippen molar-refractivity contribution in [2.75, 3.05) is 34.0 Å². The number of aryl methyl sites for hydroxylation is 1. The zero-order chi connectivity index (χ0) is 17.8. The maximum atomic E-state index is 9.82. The van der Waals surface area contributed by atoms with E-state index in [-0.39, 0.29) is 18.8 Å². The monoisotopic (exact) mass is 347 g/mol. The maximum absolute atomic E-state index is 9.82. The molecule has 1 aliphatic heterocycles. The molecule has 25 heavy (non-hydrogen) atoms. The molecule has 7 heteroatoms. The average molecular weight is 347 g/mol. The highest BCUT2D eigenvalue weighted by molar-refractivity contribution is 5.44. The van der Waals surface area contributed by atoms with Gasteiger partial charge in [-0.1, -0.05) is 6.07 Å². The summed E-state index contributed by atoms with van der Waals surface area (Å²) in [7, 11) is 5.22. The zero-order valence-electron chi connectivity index (χ0n) is 14.9. The van der Waals surface area contributed by atoms with E-state index in [1.165, 1.54) is 0 Å². The molecule has 0 spiro atoms. The Balaban J connectivity index is 1.93. The highest BCUT2D eigenvalue weighted by Gasteiger charge is 2.34. The van der Waals surface area contributed by atoms with Crippen molar-refractivity contribution in [1.29, 1.82) is 0 Å². The molecule has 1 saturated heterocycles. The second-order valence-electron chi connectivity index (χ2n) is 6.08. The highest BCUT2D eigenvalue weighted by atomic mass is 16.5. The molecule has 3 rings (SSSR count). The molecule has 0 bridgehead atoms. The lowest BCUT2D eigenvalue weighted by Crippen LogP contribution is -2.46. The molecule has 1 aromatic carbocycles. The SMILES string of the molecule is COc1ccc([C@@H]2[C@@H](CO)OCCN2Cc2nccn2C)cc1OC. The number of ether oxygens (including phenoxy) is 3. The van der Waals surface area contributed by atoms with Gasteiger partial charge in [-0.15, -0.1) is 0 Å². The van der Waals surface area contributed by atoms with Gasteiger partial charge < -0.3 is 23.9 Å². The summed E-state index contributed by atoms with van der Waals surface area (Å²) >= 11 is 0. The second kappa shape index (κ2) is 7.86. The van der Waals surface area contributed by atoms with Crippen molar-refractivity contribution < 1.29 is 19.3 Å². The Hall–Kier alpha value is -2.09. The summed E-state index contributed by atoms with van der Waals surface area (Å²) in [6, 6.07) is 5.74. The molecule has 0 amide bonds. The number of benzene rings is 1. The Morgan fingerprint density at radius 3 is 2.72 bits per heavy atom. The zero-order valence-corrected chi connectivity index (χ0v) is 14.9. The van der Waals surface area contributed by atoms with E-state index in [1.807, 2.05) is 36.0 Å². The normalized spacial score (nSPS) is 21.3. The number of hydrogen-bond donors (Lipinski definition) is 1. The van der Waals surface area contributed by atoms with Gasteiger partial charge in [0.25, 0.3) is 0 Å². The molecule has 1 aromatic heterocycles. The van der Waals surface area contributed by atoms with Gasteiger partial charge in [-0.05, 0) is 17.7 Å². The fourth-order valence-corrected chi connectivity index (χ4v) is 3.31. The highest BCUT2D eigenvalue weighted by Crippen LogP contribution is 2.36. The first-order valence-electron chi connectivity index (χ1n) is 8.32. The summed E-state index contributed by atoms with van der Waals surface area (Å²) in [6.07, 6.45) is 3.43. The van der Waals surface area contributed by atoms with Crippen molar-refractivity contribution in [3.05, 3.63) is 42.0 Å². The third-order valence-corrected chi connectivity index (χ3v) is 4.65. The third-order valence-electron chi connectivity index (χ3n) is 4.65. The van der Waals surface area contributed by atoms with Crippen LogP contribution in [0.4, 0.5) is 0 Å². The van der Waals surface area contributed by atoms with E-state index < -0.39 is 0 Å². The van der Waals surface area contributed by atoms with Gasteiger partial charge >= 0.3 is 0 Å². The first-order chi connectivity index (χ1) is 12.2. The van der Waals surface area contributed by atoms with E-state index in [2.05, 4.69) is 9.88 Å². The molecular formula is C18H25N3O4. The van der Waals surface area contributed by atoms with Crippen molar-refractivity contribution in [1.82, 2.24) is 14.5 Å². The van der Waals surface area contributed by atoms with E-state index >= 15 is 0 Å². The minimum atomic E-state index is -0.299. The molecule has 0 aliphatic carbocycles. The number of morpholine rings is 1. The van der Waals surface area contributed by atoms with Crippen LogP contribution >= 0.6 is 0 Å². The van der Waals surface area contributed by atoms with Crippen LogP contribution in [0.15, 0.2) is 30.6 Å². The van der Waals surface area contributed by atoms with Crippen LogP contribution in [0.2, 0.25) is 0 Å². The van der Waals surface area contributed by atoms with Crippen LogP contribution in [0.5, 0.6) is 11.5 Å². The van der Waals surface area contributed by atoms with Gasteiger partial charge in [0.1, 0.15) is 11.9 Å². The van der Waals surface area contributed by atoms with Crippen molar-refractivity contribution in [2.45, 2.75) is 18.7 Å². The lowest BCUT2D eigenvalue weighted by Gasteiger charge is -2.40. The van der Waals surface area contributed by atoms with Crippen molar-refractivity contribution >= 4 is 0 Å². The summed E-state index contributed by atoms with van der Waals surface area (Å²) < 4.78 is 18.6. The number of aliphatic hydroxyl groups excluding tert-OH is 1. The van der Waals surface area contributed by atoms with Crippen molar-refractivity contribution in [3.8, 4) is 11.5 Å². The lowest BCUT2D eigenvalue weighted by molar-refractivity contribution is -0.0968. The largest absolute Gasteiger partial charge is 0.493 e. The molecule has 2 aromatic rings. The van der Waals surface area contributed by atoms with Crippen LogP contribution in [0.1, 0.15) is 17.4 Å². The molecule has 2 heterocycles. The number of aliphatic hydroxyl groups is 1. The maximum Gasteiger partial charge on any atom is 0.161 e. The summed E-state index contributed by atoms with van der Waals surface area (Å²) in [4.78, 5) is 6.71. The molecule has 0 saturated carbocycles. The van der Waals surface area contributed by atoms with Crippen LogP contribution < -0.4 is 9.47 Å². The first-order valence-corrected chi connectivity index (χ1v) is 8.32. The number of methoxy groups -OCH3 is 2. The molecule has 136 valence electrons. The smallest absolute Gasteiger partial charge is 0.161 e. The summed E-state index contributed by atoms with van der Waals surface area (Å²) in [6.45, 7) is 1.99. The first kappa shape index (κ1) is 17.7. The molecular weight excluding hydrogens is 322 g/mol. The number of hydrogen-bond acceptors (Lipinski definition) is 6. The van der Waals surface area contributed by atoms with Gasteiger partial charge in [-0.3, -0.25) is 4.90 Å². The predicted molar refractivity (Wildman–Crippen MR) is 92.7 cm³/mol. The van der Waals surface area contributed by atoms with Gasteiger partial charge in [0.05, 0.1) is 40.0 Å². The van der Waals surface area contributed by atoms with Gasteiger partial charge in [0.15, 0.2) is 11.5 Å². The average Bonchev–Trinajstić information content (AvgIpc) is 3.05. The molecule has 1 N–H and O–H groups in total. The predicted octanol–water partition coefficient (Wildman–Crippen LogP) is 1.37. The minimum Gasteiger partial charge on any atom is -0.493 e. The number of imidazole rings is 1. The van der Waals surface area contributed by atoms with Crippen molar-refractivity contribution in [3.63, 3.8) is 0 Å². The third kappa shape index (κ3) is 3.63. The van der Waals surface area contributed by atoms with Crippen LogP contribution in [0.25, 0.3) is 0 Å². The standard InChI is InChI=1S/C18H25N3O4/c1-20-7-6-19-17(20)11-21-8-9-25-16(12-22)18(21)13-4-5-14(23-2)15(10-13)24-3/h4-7,10,16,18,22H,8-9,11-12H2,1-3H3/t16-,18-/m1/s1. The van der Waals surface area contributed by atoms with Crippen LogP contribution in [-0.4, -0.2) is 59.6 Å². The number of rotatable bonds is 6. The molecule has 0 unspecified atom stereocenters. The van der Waals surface area contributed by atoms with E-state index in [1.54, 1.807) is 20.4 Å². The molecule has 1 fully saturated rings. The summed E-state index contributed by atoms with van der Waals surface area (Å²) in [5.41, 5.74) is 1.02. The van der Waals surface area contributed by atoms with Gasteiger partial charge in [0.2, 0.25) is 0 Å². The van der Waals surface area contributed by atoms with Crippen LogP contribution in [0, 0.1) is 0 Å². The fraction of sp³-hybridized carbons (Fsp3) is 0.500. The van der Waals surface area contributed by atoms with Crippen LogP contribution in [0.3, 0.4) is 0 Å². The lowest BCUT2D eigenvalue weighted by atomic mass is 9.97. The van der Waals surface area contributed by atoms with Gasteiger partial charge in [-0.25, -0.2) is 4.98 Å². The fourth-order valence-electron chi connectivity index (χ4n) is 3.31. The Kier molecular flexibility index (Phi) is 5.57. The van der Waals surface area contributed by atoms with Gasteiger partial charge in [0, 0.05) is 26.0 Å². The Morgan fingerprint density at radius 1 is 1.28 bits per heavy atom. The Morgan fingerprint density at radius 2 is 2.08 bits per heavy atom. The van der Waals surface area contributed by atoms with Gasteiger partial charge in [-0.2, -0.15) is 0 Å². The molecule has 0 radical (unpaired) electrons. The molecule has 2 atom stereocenters. The summed E-state index contributed by atoms with van der Waals surface area (Å²) in [5, 5.41) is 9.82. The quantitative estimate of drug-likeness (QED) is 0.851. The van der Waals surface area contributed by atoms with E-state index in [0.29, 0.717) is 24.7 Å². The van der Waals surface area contributed by atoms with Crippen LogP contribution in [-0.2, 0) is 18.3 Å². The Labute approximate surface area is 147 Å². The van der Waals surface area contributed by atoms with E-state index in [9.17, 15) is 5.11 Å². The second-order valence-corrected chi connectivity index (χ2v) is 6.08.